The largest absolute Gasteiger partial charge is 0.588 e. The Labute approximate surface area is 334 Å². The molecule has 1 aliphatic heterocycles. The monoisotopic (exact) mass is 893 g/mol. The van der Waals surface area contributed by atoms with E-state index in [1.165, 1.54) is 11.1 Å². The molecule has 284 valence electrons. The number of rotatable bonds is 13. The van der Waals surface area contributed by atoms with Crippen molar-refractivity contribution in [1.82, 2.24) is 14.5 Å². The number of nitrogens with one attached hydrogen (secondary N) is 1. The standard InChI is InChI=1S/C38H46ClIN5O6PS/c1-24-30(21-44(5)42-24)35(46)43-53(48)28-12-15-34-32(19-28)45(22-38(23-49-34)16-6-8-25-18-27(39)11-14-31(25)38)20-26-10-13-29(26)33(51-52-40)9-7-17-50-37(2,3)36(47)41-4/h7,9,11-12,14-15,18-19,21,26,29,33,52H,4,6,8,10,13,16-17,20,22-23H2,1-3,5H3,(H,43,46)/b9-7+/t26-,29+,33-,38-,53?/m0/s1. The SMILES string of the molecule is C=NC(=O)C(C)(C)OC/C=C/[C@H](OPI)[C@@H]1CC[C@H]1CN1C[C@@]2(CCCc3cc(Cl)ccc32)COc2ccc([S+]([O-])NC(=O)c3cn(C)nc3C)cc21. The molecule has 3 aliphatic rings. The third kappa shape index (κ3) is 8.98. The van der Waals surface area contributed by atoms with Crippen LogP contribution in [0.4, 0.5) is 5.69 Å². The van der Waals surface area contributed by atoms with Crippen molar-refractivity contribution in [3.8, 4) is 5.75 Å². The minimum atomic E-state index is -1.82. The van der Waals surface area contributed by atoms with Gasteiger partial charge in [0.25, 0.3) is 11.8 Å². The molecule has 1 aromatic heterocycles. The Morgan fingerprint density at radius 1 is 1.32 bits per heavy atom. The molecule has 53 heavy (non-hydrogen) atoms. The number of aromatic nitrogens is 2. The molecule has 2 heterocycles. The van der Waals surface area contributed by atoms with E-state index >= 15 is 0 Å². The van der Waals surface area contributed by atoms with E-state index in [1.54, 1.807) is 44.8 Å². The maximum Gasteiger partial charge on any atom is 0.295 e. The number of hydrogen-bond donors (Lipinski definition) is 1. The average molecular weight is 894 g/mol. The maximum absolute atomic E-state index is 13.7. The highest BCUT2D eigenvalue weighted by atomic mass is 127. The van der Waals surface area contributed by atoms with Crippen molar-refractivity contribution in [3.63, 3.8) is 0 Å². The molecule has 11 nitrogen and oxygen atoms in total. The third-order valence-electron chi connectivity index (χ3n) is 10.7. The molecule has 6 atom stereocenters. The van der Waals surface area contributed by atoms with Gasteiger partial charge in [-0.2, -0.15) is 9.82 Å². The van der Waals surface area contributed by atoms with Gasteiger partial charge in [0.05, 0.1) is 42.7 Å². The quantitative estimate of drug-likeness (QED) is 0.0626. The van der Waals surface area contributed by atoms with Crippen molar-refractivity contribution in [2.75, 3.05) is 31.2 Å². The predicted octanol–water partition coefficient (Wildman–Crippen LogP) is 7.24. The van der Waals surface area contributed by atoms with Crippen LogP contribution in [0.25, 0.3) is 0 Å². The van der Waals surface area contributed by atoms with Crippen LogP contribution in [0, 0.1) is 18.8 Å². The molecule has 2 aliphatic carbocycles. The Balaban J connectivity index is 1.27. The number of halogens is 2. The van der Waals surface area contributed by atoms with Crippen LogP contribution in [0.5, 0.6) is 5.75 Å². The summed E-state index contributed by atoms with van der Waals surface area (Å²) in [7, 11) is 1.75. The van der Waals surface area contributed by atoms with E-state index in [9.17, 15) is 14.1 Å². The fourth-order valence-electron chi connectivity index (χ4n) is 7.79. The van der Waals surface area contributed by atoms with Gasteiger partial charge in [0.2, 0.25) is 0 Å². The summed E-state index contributed by atoms with van der Waals surface area (Å²) in [4.78, 5) is 31.6. The molecule has 1 N–H and O–H groups in total. The first-order valence-electron chi connectivity index (χ1n) is 17.7. The molecule has 1 saturated carbocycles. The first kappa shape index (κ1) is 40.2. The van der Waals surface area contributed by atoms with E-state index in [1.807, 2.05) is 24.3 Å². The van der Waals surface area contributed by atoms with Crippen LogP contribution < -0.4 is 14.4 Å². The number of ether oxygens (including phenoxy) is 2. The van der Waals surface area contributed by atoms with E-state index in [4.69, 9.17) is 25.6 Å². The first-order valence-corrected chi connectivity index (χ1v) is 23.3. The molecule has 2 amide bonds. The van der Waals surface area contributed by atoms with Crippen LogP contribution in [0.3, 0.4) is 0 Å². The van der Waals surface area contributed by atoms with E-state index < -0.39 is 28.8 Å². The molecule has 0 bridgehead atoms. The summed E-state index contributed by atoms with van der Waals surface area (Å²) in [5.41, 5.74) is 2.99. The summed E-state index contributed by atoms with van der Waals surface area (Å²) < 4.78 is 36.7. The zero-order chi connectivity index (χ0) is 37.9. The molecule has 6 rings (SSSR count). The minimum absolute atomic E-state index is 0.122. The number of nitrogens with zero attached hydrogens (tertiary/aromatic N) is 4. The first-order chi connectivity index (χ1) is 25.3. The molecule has 3 aromatic rings. The Morgan fingerprint density at radius 3 is 2.83 bits per heavy atom. The third-order valence-corrected chi connectivity index (χ3v) is 13.1. The number of benzene rings is 2. The highest BCUT2D eigenvalue weighted by Gasteiger charge is 2.44. The number of carbonyl (C=O) groups is 2. The lowest BCUT2D eigenvalue weighted by molar-refractivity contribution is -0.137. The number of aryl methyl sites for hydroxylation is 3. The van der Waals surface area contributed by atoms with Gasteiger partial charge >= 0.3 is 0 Å². The molecule has 0 radical (unpaired) electrons. The van der Waals surface area contributed by atoms with Gasteiger partial charge in [0.1, 0.15) is 22.7 Å². The molecule has 15 heteroatoms. The van der Waals surface area contributed by atoms with Gasteiger partial charge in [0, 0.05) is 42.8 Å². The second kappa shape index (κ2) is 17.1. The van der Waals surface area contributed by atoms with Gasteiger partial charge in [-0.3, -0.25) is 14.3 Å². The summed E-state index contributed by atoms with van der Waals surface area (Å²) in [6.07, 6.45) is 10.5. The van der Waals surface area contributed by atoms with Crippen molar-refractivity contribution in [2.24, 2.45) is 23.9 Å². The number of hydrogen-bond acceptors (Lipinski definition) is 8. The van der Waals surface area contributed by atoms with Crippen LogP contribution in [0.2, 0.25) is 5.02 Å². The van der Waals surface area contributed by atoms with Gasteiger partial charge in [-0.05, 0) is 129 Å². The van der Waals surface area contributed by atoms with E-state index in [0.717, 1.165) is 55.1 Å². The number of carbonyl (C=O) groups excluding carboxylic acids is 2. The fourth-order valence-corrected chi connectivity index (χ4v) is 10.0. The maximum atomic E-state index is 13.7. The summed E-state index contributed by atoms with van der Waals surface area (Å²) >= 11 is 6.91. The van der Waals surface area contributed by atoms with Gasteiger partial charge in [-0.15, -0.1) is 0 Å². The molecule has 2 aromatic carbocycles. The van der Waals surface area contributed by atoms with Crippen molar-refractivity contribution in [1.29, 1.82) is 0 Å². The normalized spacial score (nSPS) is 22.5. The number of aliphatic imine (C=N–C) groups is 1. The smallest absolute Gasteiger partial charge is 0.295 e. The predicted molar refractivity (Wildman–Crippen MR) is 219 cm³/mol. The Morgan fingerprint density at radius 2 is 2.13 bits per heavy atom. The lowest BCUT2D eigenvalue weighted by Crippen LogP contribution is -2.49. The minimum Gasteiger partial charge on any atom is -0.588 e. The van der Waals surface area contributed by atoms with Crippen LogP contribution in [-0.2, 0) is 44.3 Å². The van der Waals surface area contributed by atoms with Crippen LogP contribution in [-0.4, -0.2) is 70.9 Å². The fraction of sp³-hybridized carbons (Fsp3) is 0.474. The van der Waals surface area contributed by atoms with E-state index in [0.29, 0.717) is 35.2 Å². The Hall–Kier alpha value is -2.52. The number of fused-ring (bicyclic) bond motifs is 3. The van der Waals surface area contributed by atoms with Crippen LogP contribution >= 0.6 is 40.1 Å². The van der Waals surface area contributed by atoms with Crippen molar-refractivity contribution in [2.45, 2.75) is 74.9 Å². The van der Waals surface area contributed by atoms with Gasteiger partial charge < -0.3 is 23.5 Å². The summed E-state index contributed by atoms with van der Waals surface area (Å²) in [5.74, 6) is 0.434. The van der Waals surface area contributed by atoms with E-state index in [2.05, 4.69) is 66.7 Å². The zero-order valence-corrected chi connectivity index (χ0v) is 35.1. The van der Waals surface area contributed by atoms with Crippen molar-refractivity contribution >= 4 is 75.7 Å². The second-order valence-electron chi connectivity index (χ2n) is 14.6. The number of amides is 2. The van der Waals surface area contributed by atoms with Gasteiger partial charge in [0.15, 0.2) is 4.90 Å². The Bertz CT molecular complexity index is 1880. The molecular formula is C38H46ClIN5O6PS. The molecule has 2 unspecified atom stereocenters. The number of anilines is 1. The topological polar surface area (TPSA) is 130 Å². The highest BCUT2D eigenvalue weighted by molar-refractivity contribution is 14.2. The average Bonchev–Trinajstić information content (AvgIpc) is 3.39. The summed E-state index contributed by atoms with van der Waals surface area (Å²) in [6, 6.07) is 11.8. The summed E-state index contributed by atoms with van der Waals surface area (Å²) in [5, 5.41) is 4.99. The Kier molecular flexibility index (Phi) is 13.0. The van der Waals surface area contributed by atoms with Crippen LogP contribution in [0.15, 0.2) is 64.6 Å². The highest BCUT2D eigenvalue weighted by Crippen LogP contribution is 2.48. The zero-order valence-electron chi connectivity index (χ0n) is 30.4. The summed E-state index contributed by atoms with van der Waals surface area (Å²) in [6.45, 7) is 10.9. The molecular weight excluding hydrogens is 848 g/mol. The van der Waals surface area contributed by atoms with Crippen molar-refractivity contribution in [3.05, 3.63) is 82.2 Å². The van der Waals surface area contributed by atoms with E-state index in [-0.39, 0.29) is 30.5 Å². The van der Waals surface area contributed by atoms with Gasteiger partial charge in [-0.25, -0.2) is 4.99 Å². The van der Waals surface area contributed by atoms with Gasteiger partial charge in [-0.1, -0.05) is 29.8 Å². The molecule has 1 fully saturated rings. The van der Waals surface area contributed by atoms with Crippen molar-refractivity contribution < 1.29 is 28.1 Å². The van der Waals surface area contributed by atoms with Crippen LogP contribution in [0.1, 0.15) is 66.7 Å². The molecule has 1 spiro atoms. The lowest BCUT2D eigenvalue weighted by Gasteiger charge is -2.46. The second-order valence-corrected chi connectivity index (χ2v) is 18.0. The molecule has 0 saturated heterocycles. The lowest BCUT2D eigenvalue weighted by atomic mass is 9.68.